The summed E-state index contributed by atoms with van der Waals surface area (Å²) in [6.07, 6.45) is 5.77. The number of carbonyl (C=O) groups excluding carboxylic acids is 2. The highest BCUT2D eigenvalue weighted by atomic mass is 16.2. The number of hydrogen-bond donors (Lipinski definition) is 1. The van der Waals surface area contributed by atoms with Gasteiger partial charge in [-0.1, -0.05) is 49.1 Å². The highest BCUT2D eigenvalue weighted by Gasteiger charge is 2.25. The van der Waals surface area contributed by atoms with Crippen LogP contribution in [0.1, 0.15) is 66.8 Å². The van der Waals surface area contributed by atoms with Gasteiger partial charge in [0, 0.05) is 18.7 Å². The zero-order valence-electron chi connectivity index (χ0n) is 19.2. The van der Waals surface area contributed by atoms with Crippen molar-refractivity contribution in [2.24, 2.45) is 0 Å². The zero-order chi connectivity index (χ0) is 22.7. The molecule has 0 aliphatic heterocycles. The molecule has 3 aromatic rings. The van der Waals surface area contributed by atoms with Crippen LogP contribution in [0.2, 0.25) is 0 Å². The van der Waals surface area contributed by atoms with E-state index in [1.165, 1.54) is 19.3 Å². The summed E-state index contributed by atoms with van der Waals surface area (Å²) in [7, 11) is 1.92. The maximum Gasteiger partial charge on any atom is 0.251 e. The number of para-hydroxylation sites is 2. The van der Waals surface area contributed by atoms with E-state index in [0.29, 0.717) is 17.4 Å². The van der Waals surface area contributed by atoms with E-state index in [1.54, 1.807) is 6.07 Å². The minimum absolute atomic E-state index is 0.0820. The third-order valence-electron chi connectivity index (χ3n) is 6.51. The predicted molar refractivity (Wildman–Crippen MR) is 126 cm³/mol. The first kappa shape index (κ1) is 22.1. The van der Waals surface area contributed by atoms with Crippen molar-refractivity contribution in [1.29, 1.82) is 0 Å². The summed E-state index contributed by atoms with van der Waals surface area (Å²) in [5.74, 6) is 0.626. The molecule has 1 heterocycles. The van der Waals surface area contributed by atoms with Crippen LogP contribution in [0.4, 0.5) is 0 Å². The van der Waals surface area contributed by atoms with Gasteiger partial charge in [-0.15, -0.1) is 0 Å². The van der Waals surface area contributed by atoms with Gasteiger partial charge in [-0.25, -0.2) is 4.98 Å². The molecule has 1 unspecified atom stereocenters. The fourth-order valence-electron chi connectivity index (χ4n) is 4.64. The minimum atomic E-state index is -0.344. The molecule has 1 aromatic heterocycles. The van der Waals surface area contributed by atoms with Crippen LogP contribution in [0.15, 0.2) is 48.5 Å². The molecule has 1 N–H and O–H groups in total. The van der Waals surface area contributed by atoms with Gasteiger partial charge in [-0.05, 0) is 51.0 Å². The summed E-state index contributed by atoms with van der Waals surface area (Å²) in [6, 6.07) is 15.3. The van der Waals surface area contributed by atoms with Gasteiger partial charge < -0.3 is 14.8 Å². The van der Waals surface area contributed by atoms with Crippen molar-refractivity contribution in [3.63, 3.8) is 0 Å². The Kier molecular flexibility index (Phi) is 6.58. The predicted octanol–water partition coefficient (Wildman–Crippen LogP) is 4.63. The number of aromatic nitrogens is 2. The van der Waals surface area contributed by atoms with Gasteiger partial charge >= 0.3 is 0 Å². The summed E-state index contributed by atoms with van der Waals surface area (Å²) in [6.45, 7) is 4.10. The van der Waals surface area contributed by atoms with Crippen molar-refractivity contribution in [1.82, 2.24) is 19.8 Å². The van der Waals surface area contributed by atoms with Crippen LogP contribution in [0.3, 0.4) is 0 Å². The number of fused-ring (bicyclic) bond motifs is 1. The molecule has 2 amide bonds. The van der Waals surface area contributed by atoms with E-state index in [0.717, 1.165) is 29.4 Å². The van der Waals surface area contributed by atoms with E-state index >= 15 is 0 Å². The molecule has 2 aromatic carbocycles. The topological polar surface area (TPSA) is 67.2 Å². The van der Waals surface area contributed by atoms with Crippen molar-refractivity contribution in [2.45, 2.75) is 64.6 Å². The lowest BCUT2D eigenvalue weighted by molar-refractivity contribution is -0.133. The lowest BCUT2D eigenvalue weighted by Crippen LogP contribution is -2.40. The second kappa shape index (κ2) is 9.55. The molecule has 0 bridgehead atoms. The minimum Gasteiger partial charge on any atom is -0.342 e. The van der Waals surface area contributed by atoms with Crippen molar-refractivity contribution in [2.75, 3.05) is 7.05 Å². The van der Waals surface area contributed by atoms with Gasteiger partial charge in [-0.3, -0.25) is 9.59 Å². The Balaban J connectivity index is 1.58. The van der Waals surface area contributed by atoms with Crippen molar-refractivity contribution < 1.29 is 9.59 Å². The van der Waals surface area contributed by atoms with Gasteiger partial charge in [0.25, 0.3) is 5.91 Å². The molecule has 0 spiro atoms. The SMILES string of the molecule is Cc1cccc(C(=O)NC(C)c2nc3ccccc3n2CC(=O)N(C)C2CCCCC2)c1. The zero-order valence-corrected chi connectivity index (χ0v) is 19.2. The number of nitrogens with zero attached hydrogens (tertiary/aromatic N) is 3. The molecule has 32 heavy (non-hydrogen) atoms. The van der Waals surface area contributed by atoms with Gasteiger partial charge in [0.2, 0.25) is 5.91 Å². The van der Waals surface area contributed by atoms with Gasteiger partial charge in [-0.2, -0.15) is 0 Å². The first-order chi connectivity index (χ1) is 15.4. The lowest BCUT2D eigenvalue weighted by atomic mass is 9.94. The largest absolute Gasteiger partial charge is 0.342 e. The summed E-state index contributed by atoms with van der Waals surface area (Å²) in [5.41, 5.74) is 3.39. The highest BCUT2D eigenvalue weighted by Crippen LogP contribution is 2.24. The van der Waals surface area contributed by atoms with E-state index in [-0.39, 0.29) is 24.4 Å². The van der Waals surface area contributed by atoms with Crippen molar-refractivity contribution >= 4 is 22.8 Å². The third-order valence-corrected chi connectivity index (χ3v) is 6.51. The molecule has 1 aliphatic rings. The van der Waals surface area contributed by atoms with Gasteiger partial charge in [0.05, 0.1) is 17.1 Å². The van der Waals surface area contributed by atoms with Crippen molar-refractivity contribution in [3.05, 3.63) is 65.5 Å². The van der Waals surface area contributed by atoms with Crippen LogP contribution in [-0.4, -0.2) is 39.4 Å². The van der Waals surface area contributed by atoms with Gasteiger partial charge in [0.15, 0.2) is 0 Å². The molecule has 0 saturated heterocycles. The van der Waals surface area contributed by atoms with Crippen LogP contribution in [0.25, 0.3) is 11.0 Å². The number of carbonyl (C=O) groups is 2. The summed E-state index contributed by atoms with van der Waals surface area (Å²) >= 11 is 0. The first-order valence-electron chi connectivity index (χ1n) is 11.5. The number of benzene rings is 2. The molecule has 1 fully saturated rings. The average molecular weight is 433 g/mol. The molecule has 0 radical (unpaired) electrons. The molecule has 6 heteroatoms. The summed E-state index contributed by atoms with van der Waals surface area (Å²) < 4.78 is 1.96. The van der Waals surface area contributed by atoms with E-state index in [1.807, 2.05) is 72.8 Å². The average Bonchev–Trinajstić information content (AvgIpc) is 3.17. The fraction of sp³-hybridized carbons (Fsp3) is 0.423. The second-order valence-electron chi connectivity index (χ2n) is 8.91. The smallest absolute Gasteiger partial charge is 0.251 e. The lowest BCUT2D eigenvalue weighted by Gasteiger charge is -2.31. The summed E-state index contributed by atoms with van der Waals surface area (Å²) in [5, 5.41) is 3.06. The van der Waals surface area contributed by atoms with E-state index in [2.05, 4.69) is 5.32 Å². The third kappa shape index (κ3) is 4.69. The Labute approximate surface area is 189 Å². The number of hydrogen-bond acceptors (Lipinski definition) is 3. The second-order valence-corrected chi connectivity index (χ2v) is 8.91. The van der Waals surface area contributed by atoms with E-state index in [9.17, 15) is 9.59 Å². The van der Waals surface area contributed by atoms with Crippen LogP contribution < -0.4 is 5.32 Å². The molecular formula is C26H32N4O2. The van der Waals surface area contributed by atoms with Crippen LogP contribution in [0, 0.1) is 6.92 Å². The normalized spacial score (nSPS) is 15.5. The molecule has 1 atom stereocenters. The monoisotopic (exact) mass is 432 g/mol. The number of rotatable bonds is 6. The Bertz CT molecular complexity index is 1110. The van der Waals surface area contributed by atoms with E-state index in [4.69, 9.17) is 4.98 Å². The Morgan fingerprint density at radius 3 is 2.62 bits per heavy atom. The van der Waals surface area contributed by atoms with Crippen LogP contribution in [-0.2, 0) is 11.3 Å². The number of likely N-dealkylation sites (N-methyl/N-ethyl adjacent to an activating group) is 1. The number of imidazole rings is 1. The van der Waals surface area contributed by atoms with Crippen LogP contribution in [0.5, 0.6) is 0 Å². The quantitative estimate of drug-likeness (QED) is 0.618. The fourth-order valence-corrected chi connectivity index (χ4v) is 4.64. The van der Waals surface area contributed by atoms with Crippen LogP contribution >= 0.6 is 0 Å². The first-order valence-corrected chi connectivity index (χ1v) is 11.5. The highest BCUT2D eigenvalue weighted by molar-refractivity contribution is 5.94. The molecule has 1 aliphatic carbocycles. The maximum absolute atomic E-state index is 13.2. The van der Waals surface area contributed by atoms with Gasteiger partial charge in [0.1, 0.15) is 12.4 Å². The van der Waals surface area contributed by atoms with Crippen molar-refractivity contribution in [3.8, 4) is 0 Å². The molecule has 168 valence electrons. The Morgan fingerprint density at radius 2 is 1.88 bits per heavy atom. The standard InChI is InChI=1S/C26H32N4O2/c1-18-10-9-11-20(16-18)26(32)27-19(2)25-28-22-14-7-8-15-23(22)30(25)17-24(31)29(3)21-12-5-4-6-13-21/h7-11,14-16,19,21H,4-6,12-13,17H2,1-3H3,(H,27,32). The molecule has 4 rings (SSSR count). The molecule has 6 nitrogen and oxygen atoms in total. The maximum atomic E-state index is 13.2. The number of nitrogens with one attached hydrogen (secondary N) is 1. The number of amides is 2. The van der Waals surface area contributed by atoms with E-state index < -0.39 is 0 Å². The summed E-state index contributed by atoms with van der Waals surface area (Å²) in [4.78, 5) is 32.7. The molecule has 1 saturated carbocycles. The molecular weight excluding hydrogens is 400 g/mol. The Morgan fingerprint density at radius 1 is 1.12 bits per heavy atom. The number of aryl methyl sites for hydroxylation is 1. The Hall–Kier alpha value is -3.15.